The number of H-pyrrole nitrogens is 1. The number of nitrogens with one attached hydrogen (secondary N) is 3. The number of nitrogens with zero attached hydrogens (tertiary/aromatic N) is 2. The van der Waals surface area contributed by atoms with Gasteiger partial charge in [-0.2, -0.15) is 0 Å². The highest BCUT2D eigenvalue weighted by atomic mass is 15.2. The van der Waals surface area contributed by atoms with Gasteiger partial charge in [0.2, 0.25) is 0 Å². The lowest BCUT2D eigenvalue weighted by atomic mass is 9.97. The highest BCUT2D eigenvalue weighted by Gasteiger charge is 2.25. The zero-order valence-corrected chi connectivity index (χ0v) is 18.1. The van der Waals surface area contributed by atoms with Crippen LogP contribution in [0.3, 0.4) is 0 Å². The maximum absolute atomic E-state index is 4.45. The molecular formula is C25H33N5. The predicted octanol–water partition coefficient (Wildman–Crippen LogP) is 3.93. The van der Waals surface area contributed by atoms with Crippen LogP contribution in [0.25, 0.3) is 10.9 Å². The molecule has 30 heavy (non-hydrogen) atoms. The van der Waals surface area contributed by atoms with Crippen LogP contribution in [0.15, 0.2) is 65.8 Å². The Morgan fingerprint density at radius 3 is 2.73 bits per heavy atom. The van der Waals surface area contributed by atoms with E-state index in [-0.39, 0.29) is 0 Å². The normalized spacial score (nSPS) is 20.4. The summed E-state index contributed by atoms with van der Waals surface area (Å²) in [6.45, 7) is 5.35. The van der Waals surface area contributed by atoms with E-state index in [2.05, 4.69) is 93.2 Å². The molecule has 1 aliphatic heterocycles. The van der Waals surface area contributed by atoms with E-state index in [1.165, 1.54) is 22.0 Å². The number of piperidine rings is 1. The van der Waals surface area contributed by atoms with E-state index in [1.807, 2.05) is 7.05 Å². The number of hydrogen-bond acceptors (Lipinski definition) is 2. The summed E-state index contributed by atoms with van der Waals surface area (Å²) in [5.41, 5.74) is 3.94. The summed E-state index contributed by atoms with van der Waals surface area (Å²) in [5, 5.41) is 8.45. The first-order chi connectivity index (χ1) is 14.7. The summed E-state index contributed by atoms with van der Waals surface area (Å²) in [5.74, 6) is 0.906. The van der Waals surface area contributed by atoms with E-state index in [0.717, 1.165) is 44.9 Å². The lowest BCUT2D eigenvalue weighted by molar-refractivity contribution is 0.134. The van der Waals surface area contributed by atoms with Gasteiger partial charge in [-0.1, -0.05) is 48.5 Å². The van der Waals surface area contributed by atoms with E-state index >= 15 is 0 Å². The van der Waals surface area contributed by atoms with Gasteiger partial charge in [0.15, 0.2) is 5.96 Å². The fourth-order valence-electron chi connectivity index (χ4n) is 4.45. The molecule has 2 aromatic carbocycles. The molecule has 0 amide bonds. The molecule has 4 rings (SSSR count). The van der Waals surface area contributed by atoms with Crippen LogP contribution in [0.1, 0.15) is 30.9 Å². The van der Waals surface area contributed by atoms with Crippen LogP contribution in [0.5, 0.6) is 0 Å². The molecule has 5 heteroatoms. The first-order valence-corrected chi connectivity index (χ1v) is 11.0. The third-order valence-electron chi connectivity index (χ3n) is 6.17. The van der Waals surface area contributed by atoms with Crippen molar-refractivity contribution in [1.29, 1.82) is 0 Å². The summed E-state index contributed by atoms with van der Waals surface area (Å²) >= 11 is 0. The van der Waals surface area contributed by atoms with Crippen molar-refractivity contribution in [3.05, 3.63) is 71.9 Å². The number of aromatic nitrogens is 1. The first-order valence-electron chi connectivity index (χ1n) is 11.0. The number of aromatic amines is 1. The summed E-state index contributed by atoms with van der Waals surface area (Å²) in [7, 11) is 1.86. The molecule has 2 heterocycles. The highest BCUT2D eigenvalue weighted by molar-refractivity contribution is 5.83. The van der Waals surface area contributed by atoms with Crippen molar-refractivity contribution >= 4 is 16.9 Å². The summed E-state index contributed by atoms with van der Waals surface area (Å²) in [6.07, 6.45) is 5.36. The van der Waals surface area contributed by atoms with Crippen molar-refractivity contribution in [3.8, 4) is 0 Å². The first kappa shape index (κ1) is 20.5. The Labute approximate surface area is 179 Å². The largest absolute Gasteiger partial charge is 0.361 e. The molecule has 1 saturated heterocycles. The number of benzene rings is 2. The van der Waals surface area contributed by atoms with Gasteiger partial charge in [-0.3, -0.25) is 9.89 Å². The molecule has 1 fully saturated rings. The second-order valence-corrected chi connectivity index (χ2v) is 8.28. The van der Waals surface area contributed by atoms with E-state index < -0.39 is 0 Å². The van der Waals surface area contributed by atoms with E-state index in [1.54, 1.807) is 0 Å². The van der Waals surface area contributed by atoms with Gasteiger partial charge in [0, 0.05) is 55.9 Å². The van der Waals surface area contributed by atoms with Gasteiger partial charge >= 0.3 is 0 Å². The van der Waals surface area contributed by atoms with Crippen molar-refractivity contribution in [2.24, 2.45) is 4.99 Å². The van der Waals surface area contributed by atoms with Crippen molar-refractivity contribution in [2.45, 2.75) is 44.8 Å². The molecule has 158 valence electrons. The number of hydrogen-bond donors (Lipinski definition) is 3. The molecule has 0 bridgehead atoms. The van der Waals surface area contributed by atoms with Crippen LogP contribution in [0.4, 0.5) is 0 Å². The van der Waals surface area contributed by atoms with Gasteiger partial charge in [-0.05, 0) is 43.4 Å². The Balaban J connectivity index is 1.24. The predicted molar refractivity (Wildman–Crippen MR) is 126 cm³/mol. The molecule has 1 aliphatic rings. The molecular weight excluding hydrogens is 370 g/mol. The molecule has 3 N–H and O–H groups in total. The molecule has 0 radical (unpaired) electrons. The van der Waals surface area contributed by atoms with Gasteiger partial charge in [-0.25, -0.2) is 0 Å². The minimum Gasteiger partial charge on any atom is -0.361 e. The number of fused-ring (bicyclic) bond motifs is 1. The Morgan fingerprint density at radius 1 is 1.13 bits per heavy atom. The third-order valence-corrected chi connectivity index (χ3v) is 6.17. The molecule has 0 saturated carbocycles. The van der Waals surface area contributed by atoms with Gasteiger partial charge in [-0.15, -0.1) is 0 Å². The van der Waals surface area contributed by atoms with E-state index in [4.69, 9.17) is 0 Å². The van der Waals surface area contributed by atoms with E-state index in [0.29, 0.717) is 12.1 Å². The van der Waals surface area contributed by atoms with Gasteiger partial charge in [0.25, 0.3) is 0 Å². The lowest BCUT2D eigenvalue weighted by Gasteiger charge is -2.38. The molecule has 2 atom stereocenters. The van der Waals surface area contributed by atoms with E-state index in [9.17, 15) is 0 Å². The Kier molecular flexibility index (Phi) is 6.70. The molecule has 3 aromatic rings. The van der Waals surface area contributed by atoms with Crippen molar-refractivity contribution < 1.29 is 0 Å². The zero-order valence-electron chi connectivity index (χ0n) is 18.1. The van der Waals surface area contributed by atoms with Gasteiger partial charge in [0.05, 0.1) is 0 Å². The number of likely N-dealkylation sites (tertiary alicyclic amines) is 1. The summed E-state index contributed by atoms with van der Waals surface area (Å²) in [4.78, 5) is 10.4. The molecule has 5 nitrogen and oxygen atoms in total. The number of para-hydroxylation sites is 1. The lowest BCUT2D eigenvalue weighted by Crippen LogP contribution is -2.51. The maximum Gasteiger partial charge on any atom is 0.191 e. The Bertz CT molecular complexity index is 962. The third kappa shape index (κ3) is 5.03. The van der Waals surface area contributed by atoms with Crippen LogP contribution in [0, 0.1) is 0 Å². The average molecular weight is 404 g/mol. The van der Waals surface area contributed by atoms with Crippen LogP contribution in [-0.4, -0.2) is 48.1 Å². The van der Waals surface area contributed by atoms with Gasteiger partial charge in [0.1, 0.15) is 0 Å². The average Bonchev–Trinajstić information content (AvgIpc) is 3.19. The number of aliphatic imine (C=N–C) groups is 1. The second-order valence-electron chi connectivity index (χ2n) is 8.28. The van der Waals surface area contributed by atoms with Crippen LogP contribution in [0.2, 0.25) is 0 Å². The Morgan fingerprint density at radius 2 is 1.93 bits per heavy atom. The summed E-state index contributed by atoms with van der Waals surface area (Å²) in [6, 6.07) is 20.3. The van der Waals surface area contributed by atoms with Crippen molar-refractivity contribution in [2.75, 3.05) is 20.1 Å². The van der Waals surface area contributed by atoms with Gasteiger partial charge < -0.3 is 15.6 Å². The smallest absolute Gasteiger partial charge is 0.191 e. The number of guanidine groups is 1. The van der Waals surface area contributed by atoms with Crippen LogP contribution in [-0.2, 0) is 13.0 Å². The minimum atomic E-state index is 0.464. The second kappa shape index (κ2) is 9.81. The maximum atomic E-state index is 4.45. The molecule has 0 aliphatic carbocycles. The Hall–Kier alpha value is -2.79. The fourth-order valence-corrected chi connectivity index (χ4v) is 4.45. The molecule has 2 unspecified atom stereocenters. The topological polar surface area (TPSA) is 55.5 Å². The zero-order chi connectivity index (χ0) is 20.8. The fraction of sp³-hybridized carbons (Fsp3) is 0.400. The van der Waals surface area contributed by atoms with Crippen molar-refractivity contribution in [3.63, 3.8) is 0 Å². The van der Waals surface area contributed by atoms with Crippen LogP contribution < -0.4 is 10.6 Å². The monoisotopic (exact) mass is 403 g/mol. The molecule has 1 aromatic heterocycles. The molecule has 0 spiro atoms. The van der Waals surface area contributed by atoms with Crippen LogP contribution >= 0.6 is 0 Å². The SMILES string of the molecule is CN=C(NCCc1c[nH]c2ccccc12)NC1CCN(Cc2ccccc2)C(C)C1. The highest BCUT2D eigenvalue weighted by Crippen LogP contribution is 2.20. The minimum absolute atomic E-state index is 0.464. The van der Waals surface area contributed by atoms with Crippen molar-refractivity contribution in [1.82, 2.24) is 20.5 Å². The quantitative estimate of drug-likeness (QED) is 0.432. The summed E-state index contributed by atoms with van der Waals surface area (Å²) < 4.78 is 0. The standard InChI is InChI=1S/C25H33N5/c1-19-16-22(13-15-30(19)18-20-8-4-3-5-9-20)29-25(26-2)27-14-12-21-17-28-24-11-7-6-10-23(21)24/h3-11,17,19,22,28H,12-16,18H2,1-2H3,(H2,26,27,29). The number of rotatable bonds is 6.